The molecular weight excluding hydrogens is 360 g/mol. The maximum absolute atomic E-state index is 11.8. The molecule has 0 unspecified atom stereocenters. The van der Waals surface area contributed by atoms with Crippen LogP contribution in [0, 0.1) is 0 Å². The van der Waals surface area contributed by atoms with Gasteiger partial charge in [-0.1, -0.05) is 66.4 Å². The molecule has 0 radical (unpaired) electrons. The summed E-state index contributed by atoms with van der Waals surface area (Å²) in [6.07, 6.45) is 3.57. The van der Waals surface area contributed by atoms with Crippen LogP contribution in [0.2, 0.25) is 0 Å². The second-order valence-electron chi connectivity index (χ2n) is 6.62. The van der Waals surface area contributed by atoms with E-state index in [4.69, 9.17) is 16.0 Å². The van der Waals surface area contributed by atoms with Gasteiger partial charge >= 0.3 is 0 Å². The van der Waals surface area contributed by atoms with Crippen LogP contribution in [0.5, 0.6) is 0 Å². The van der Waals surface area contributed by atoms with Gasteiger partial charge in [-0.15, -0.1) is 11.6 Å². The molecule has 0 N–H and O–H groups in total. The molecule has 2 aromatic rings. The Morgan fingerprint density at radius 1 is 1.00 bits per heavy atom. The number of carbonyl (C=O) groups is 1. The summed E-state index contributed by atoms with van der Waals surface area (Å²) >= 11 is 5.80. The lowest BCUT2D eigenvalue weighted by Crippen LogP contribution is -2.61. The topological polar surface area (TPSA) is 26.3 Å². The van der Waals surface area contributed by atoms with Crippen LogP contribution in [0.15, 0.2) is 71.9 Å². The van der Waals surface area contributed by atoms with E-state index >= 15 is 0 Å². The highest BCUT2D eigenvalue weighted by molar-refractivity contribution is 7.01. The minimum atomic E-state index is -2.68. The molecule has 0 aliphatic carbocycles. The largest absolute Gasteiger partial charge is 0.402 e. The molecule has 2 rings (SSSR count). The first kappa shape index (κ1) is 20.6. The zero-order valence-corrected chi connectivity index (χ0v) is 17.3. The molecule has 2 aromatic carbocycles. The van der Waals surface area contributed by atoms with Gasteiger partial charge in [0, 0.05) is 12.0 Å². The molecule has 138 valence electrons. The van der Waals surface area contributed by atoms with E-state index in [2.05, 4.69) is 43.8 Å². The van der Waals surface area contributed by atoms with E-state index < -0.39 is 8.32 Å². The first-order chi connectivity index (χ1) is 12.6. The molecule has 0 aromatic heterocycles. The fraction of sp³-hybridized carbons (Fsp3) is 0.318. The van der Waals surface area contributed by atoms with E-state index in [0.29, 0.717) is 5.88 Å². The number of allylic oxidation sites excluding steroid dienone is 1. The second-order valence-corrected chi connectivity index (χ2v) is 10.1. The summed E-state index contributed by atoms with van der Waals surface area (Å²) in [6, 6.07) is 20.6. The maximum atomic E-state index is 11.8. The van der Waals surface area contributed by atoms with Crippen molar-refractivity contribution >= 4 is 36.6 Å². The molecule has 0 spiro atoms. The number of hydrogen-bond donors (Lipinski definition) is 0. The van der Waals surface area contributed by atoms with Crippen LogP contribution in [0.1, 0.15) is 33.1 Å². The third-order valence-electron chi connectivity index (χ3n) is 4.22. The van der Waals surface area contributed by atoms with Crippen LogP contribution in [-0.2, 0) is 9.22 Å². The van der Waals surface area contributed by atoms with Gasteiger partial charge in [-0.2, -0.15) is 0 Å². The standard InChI is InChI=1S/C22H27ClO2Si/c1-19(2)25-26(21-12-5-3-6-13-21,22-14-7-4-8-15-22)18-20(17-24)11-9-10-16-23/h3-8,12-15,17-19H,9-11,16H2,1-2H3/b20-18-. The maximum Gasteiger partial charge on any atom is 0.281 e. The van der Waals surface area contributed by atoms with Gasteiger partial charge in [-0.05, 0) is 49.1 Å². The lowest BCUT2D eigenvalue weighted by Gasteiger charge is -2.32. The van der Waals surface area contributed by atoms with Crippen LogP contribution >= 0.6 is 11.6 Å². The van der Waals surface area contributed by atoms with E-state index in [1.165, 1.54) is 0 Å². The smallest absolute Gasteiger partial charge is 0.281 e. The zero-order chi connectivity index (χ0) is 18.8. The van der Waals surface area contributed by atoms with E-state index in [0.717, 1.165) is 41.5 Å². The molecule has 2 nitrogen and oxygen atoms in total. The first-order valence-electron chi connectivity index (χ1n) is 9.14. The molecule has 0 saturated carbocycles. The van der Waals surface area contributed by atoms with Crippen molar-refractivity contribution in [2.24, 2.45) is 0 Å². The van der Waals surface area contributed by atoms with Gasteiger partial charge in [0.1, 0.15) is 6.29 Å². The van der Waals surface area contributed by atoms with Crippen molar-refractivity contribution in [3.8, 4) is 0 Å². The number of unbranched alkanes of at least 4 members (excludes halogenated alkanes) is 1. The highest BCUT2D eigenvalue weighted by atomic mass is 35.5. The SMILES string of the molecule is CC(C)O[Si](/C=C(\C=O)CCCCCl)(c1ccccc1)c1ccccc1. The lowest BCUT2D eigenvalue weighted by atomic mass is 10.1. The first-order valence-corrected chi connectivity index (χ1v) is 11.7. The Bertz CT molecular complexity index is 659. The average Bonchev–Trinajstić information content (AvgIpc) is 2.67. The number of halogens is 1. The van der Waals surface area contributed by atoms with Crippen molar-refractivity contribution < 1.29 is 9.22 Å². The molecule has 26 heavy (non-hydrogen) atoms. The Labute approximate surface area is 163 Å². The molecule has 0 aliphatic heterocycles. The number of hydrogen-bond acceptors (Lipinski definition) is 2. The Kier molecular flexibility index (Phi) is 8.30. The Balaban J connectivity index is 2.60. The third-order valence-corrected chi connectivity index (χ3v) is 8.49. The van der Waals surface area contributed by atoms with Crippen LogP contribution < -0.4 is 10.4 Å². The quantitative estimate of drug-likeness (QED) is 0.201. The van der Waals surface area contributed by atoms with E-state index in [1.807, 2.05) is 36.4 Å². The molecular formula is C22H27ClO2Si. The Morgan fingerprint density at radius 2 is 1.54 bits per heavy atom. The van der Waals surface area contributed by atoms with Gasteiger partial charge in [0.2, 0.25) is 0 Å². The normalized spacial score (nSPS) is 12.4. The number of carbonyl (C=O) groups excluding carboxylic acids is 1. The number of alkyl halides is 1. The highest BCUT2D eigenvalue weighted by Crippen LogP contribution is 2.17. The molecule has 0 saturated heterocycles. The van der Waals surface area contributed by atoms with Gasteiger partial charge in [0.05, 0.1) is 0 Å². The second kappa shape index (κ2) is 10.5. The van der Waals surface area contributed by atoms with Crippen LogP contribution in [-0.4, -0.2) is 26.6 Å². The summed E-state index contributed by atoms with van der Waals surface area (Å²) in [5.41, 5.74) is 2.92. The predicted octanol–water partition coefficient (Wildman–Crippen LogP) is 4.24. The highest BCUT2D eigenvalue weighted by Gasteiger charge is 2.38. The molecule has 0 bridgehead atoms. The molecule has 0 heterocycles. The summed E-state index contributed by atoms with van der Waals surface area (Å²) in [5, 5.41) is 2.30. The predicted molar refractivity (Wildman–Crippen MR) is 113 cm³/mol. The van der Waals surface area contributed by atoms with Gasteiger partial charge < -0.3 is 4.43 Å². The molecule has 0 amide bonds. The fourth-order valence-corrected chi connectivity index (χ4v) is 7.15. The van der Waals surface area contributed by atoms with Crippen molar-refractivity contribution in [2.45, 2.75) is 39.2 Å². The molecule has 0 fully saturated rings. The van der Waals surface area contributed by atoms with Crippen molar-refractivity contribution in [3.05, 3.63) is 71.9 Å². The van der Waals surface area contributed by atoms with Crippen molar-refractivity contribution in [2.75, 3.05) is 5.88 Å². The van der Waals surface area contributed by atoms with Crippen molar-refractivity contribution in [1.29, 1.82) is 0 Å². The van der Waals surface area contributed by atoms with E-state index in [-0.39, 0.29) is 6.10 Å². The van der Waals surface area contributed by atoms with Gasteiger partial charge in [-0.3, -0.25) is 4.79 Å². The minimum absolute atomic E-state index is 0.0501. The average molecular weight is 387 g/mol. The van der Waals surface area contributed by atoms with Gasteiger partial charge in [0.15, 0.2) is 0 Å². The summed E-state index contributed by atoms with van der Waals surface area (Å²) < 4.78 is 6.63. The lowest BCUT2D eigenvalue weighted by molar-refractivity contribution is -0.105. The van der Waals surface area contributed by atoms with Crippen LogP contribution in [0.3, 0.4) is 0 Å². The summed E-state index contributed by atoms with van der Waals surface area (Å²) in [4.78, 5) is 11.8. The minimum Gasteiger partial charge on any atom is -0.402 e. The Hall–Kier alpha value is -1.68. The number of aldehydes is 1. The molecule has 4 heteroatoms. The van der Waals surface area contributed by atoms with Crippen molar-refractivity contribution in [3.63, 3.8) is 0 Å². The summed E-state index contributed by atoms with van der Waals surface area (Å²) in [6.45, 7) is 4.10. The molecule has 0 atom stereocenters. The van der Waals surface area contributed by atoms with Crippen LogP contribution in [0.25, 0.3) is 0 Å². The number of rotatable bonds is 10. The fourth-order valence-electron chi connectivity index (χ4n) is 3.10. The van der Waals surface area contributed by atoms with Gasteiger partial charge in [0.25, 0.3) is 8.32 Å². The zero-order valence-electron chi connectivity index (χ0n) is 15.5. The van der Waals surface area contributed by atoms with E-state index in [1.54, 1.807) is 0 Å². The van der Waals surface area contributed by atoms with E-state index in [9.17, 15) is 4.79 Å². The number of benzene rings is 2. The third kappa shape index (κ3) is 5.40. The Morgan fingerprint density at radius 3 is 1.96 bits per heavy atom. The monoisotopic (exact) mass is 386 g/mol. The molecule has 0 aliphatic rings. The van der Waals surface area contributed by atoms with Crippen LogP contribution in [0.4, 0.5) is 0 Å². The van der Waals surface area contributed by atoms with Gasteiger partial charge in [-0.25, -0.2) is 0 Å². The summed E-state index contributed by atoms with van der Waals surface area (Å²) in [5.74, 6) is 0.620. The van der Waals surface area contributed by atoms with Crippen molar-refractivity contribution in [1.82, 2.24) is 0 Å². The summed E-state index contributed by atoms with van der Waals surface area (Å²) in [7, 11) is -2.68.